The van der Waals surface area contributed by atoms with Crippen molar-refractivity contribution in [3.05, 3.63) is 44.7 Å². The molecule has 0 saturated heterocycles. The molecular weight excluding hydrogens is 222 g/mol. The Bertz CT molecular complexity index is 663. The number of H-pyrrole nitrogens is 1. The molecule has 6 heteroatoms. The zero-order chi connectivity index (χ0) is 12.6. The van der Waals surface area contributed by atoms with Gasteiger partial charge in [0, 0.05) is 7.05 Å². The molecule has 0 amide bonds. The molecule has 0 unspecified atom stereocenters. The molecule has 0 atom stereocenters. The van der Waals surface area contributed by atoms with Gasteiger partial charge < -0.3 is 4.74 Å². The first-order valence-corrected chi connectivity index (χ1v) is 5.07. The third-order valence-electron chi connectivity index (χ3n) is 2.57. The highest BCUT2D eigenvalue weighted by Gasteiger charge is 2.11. The van der Waals surface area contributed by atoms with Crippen LogP contribution in [0.4, 0.5) is 0 Å². The molecule has 0 spiro atoms. The van der Waals surface area contributed by atoms with E-state index >= 15 is 0 Å². The van der Waals surface area contributed by atoms with Crippen molar-refractivity contribution in [2.24, 2.45) is 7.05 Å². The molecule has 0 bridgehead atoms. The number of methoxy groups -OCH3 is 1. The van der Waals surface area contributed by atoms with Gasteiger partial charge in [0.2, 0.25) is 0 Å². The number of hydrogen-bond acceptors (Lipinski definition) is 3. The number of hydrogen-bond donors (Lipinski definition) is 1. The van der Waals surface area contributed by atoms with Crippen LogP contribution in [-0.2, 0) is 7.05 Å². The summed E-state index contributed by atoms with van der Waals surface area (Å²) in [6.45, 7) is 1.92. The summed E-state index contributed by atoms with van der Waals surface area (Å²) in [6, 6.07) is 5.37. The predicted octanol–water partition coefficient (Wildman–Crippen LogP) is 0.181. The maximum atomic E-state index is 11.8. The third-order valence-corrected chi connectivity index (χ3v) is 2.57. The molecule has 2 aromatic rings. The van der Waals surface area contributed by atoms with E-state index < -0.39 is 11.4 Å². The maximum absolute atomic E-state index is 11.8. The summed E-state index contributed by atoms with van der Waals surface area (Å²) in [7, 11) is 2.93. The molecule has 17 heavy (non-hydrogen) atoms. The first-order valence-electron chi connectivity index (χ1n) is 5.07. The zero-order valence-corrected chi connectivity index (χ0v) is 9.85. The number of benzene rings is 1. The van der Waals surface area contributed by atoms with E-state index in [0.29, 0.717) is 11.4 Å². The number of aromatic nitrogens is 3. The van der Waals surface area contributed by atoms with Gasteiger partial charge in [0.1, 0.15) is 11.4 Å². The molecule has 0 fully saturated rings. The molecule has 1 aromatic heterocycles. The second-order valence-electron chi connectivity index (χ2n) is 3.77. The summed E-state index contributed by atoms with van der Waals surface area (Å²) in [5, 5.41) is 2.45. The molecule has 0 aliphatic carbocycles. The zero-order valence-electron chi connectivity index (χ0n) is 9.85. The summed E-state index contributed by atoms with van der Waals surface area (Å²) < 4.78 is 7.36. The second kappa shape index (κ2) is 3.97. The Kier molecular flexibility index (Phi) is 2.63. The van der Waals surface area contributed by atoms with Gasteiger partial charge in [-0.2, -0.15) is 4.68 Å². The normalized spacial score (nSPS) is 10.5. The van der Waals surface area contributed by atoms with Gasteiger partial charge in [0.05, 0.1) is 7.11 Å². The highest BCUT2D eigenvalue weighted by Crippen LogP contribution is 2.21. The van der Waals surface area contributed by atoms with Gasteiger partial charge in [-0.3, -0.25) is 0 Å². The lowest BCUT2D eigenvalue weighted by Gasteiger charge is -2.08. The van der Waals surface area contributed by atoms with Gasteiger partial charge >= 0.3 is 11.4 Å². The van der Waals surface area contributed by atoms with Crippen molar-refractivity contribution in [1.29, 1.82) is 0 Å². The number of nitrogens with one attached hydrogen (secondary N) is 1. The van der Waals surface area contributed by atoms with Crippen LogP contribution in [0.5, 0.6) is 5.75 Å². The molecule has 6 nitrogen and oxygen atoms in total. The first-order chi connectivity index (χ1) is 8.04. The van der Waals surface area contributed by atoms with Crippen LogP contribution in [0.1, 0.15) is 5.56 Å². The lowest BCUT2D eigenvalue weighted by Crippen LogP contribution is -2.25. The van der Waals surface area contributed by atoms with Crippen LogP contribution in [0.15, 0.2) is 27.8 Å². The van der Waals surface area contributed by atoms with Crippen molar-refractivity contribution >= 4 is 0 Å². The molecule has 1 aromatic carbocycles. The quantitative estimate of drug-likeness (QED) is 0.807. The van der Waals surface area contributed by atoms with E-state index in [4.69, 9.17) is 4.74 Å². The molecule has 0 saturated carbocycles. The van der Waals surface area contributed by atoms with Crippen LogP contribution >= 0.6 is 0 Å². The first kappa shape index (κ1) is 11.3. The average Bonchev–Trinajstić information content (AvgIpc) is 2.57. The topological polar surface area (TPSA) is 69.0 Å². The van der Waals surface area contributed by atoms with Crippen LogP contribution in [0.2, 0.25) is 0 Å². The fourth-order valence-electron chi connectivity index (χ4n) is 1.59. The van der Waals surface area contributed by atoms with Crippen LogP contribution in [-0.4, -0.2) is 21.5 Å². The fourth-order valence-corrected chi connectivity index (χ4v) is 1.59. The van der Waals surface area contributed by atoms with Gasteiger partial charge in [-0.05, 0) is 24.6 Å². The maximum Gasteiger partial charge on any atom is 0.351 e. The van der Waals surface area contributed by atoms with Crippen molar-refractivity contribution in [2.45, 2.75) is 6.92 Å². The van der Waals surface area contributed by atoms with Crippen molar-refractivity contribution < 1.29 is 4.74 Å². The number of ether oxygens (including phenoxy) is 1. The summed E-state index contributed by atoms with van der Waals surface area (Å²) >= 11 is 0. The van der Waals surface area contributed by atoms with Crippen LogP contribution < -0.4 is 16.1 Å². The highest BCUT2D eigenvalue weighted by atomic mass is 16.5. The number of nitrogens with zero attached hydrogens (tertiary/aromatic N) is 2. The molecular formula is C11H13N3O3. The van der Waals surface area contributed by atoms with Gasteiger partial charge in [-0.1, -0.05) is 6.07 Å². The SMILES string of the molecule is COc1cc(C)ccc1-n1[nH]c(=O)n(C)c1=O. The number of aryl methyl sites for hydroxylation is 1. The average molecular weight is 235 g/mol. The molecule has 0 aliphatic rings. The largest absolute Gasteiger partial charge is 0.494 e. The van der Waals surface area contributed by atoms with Gasteiger partial charge in [0.15, 0.2) is 0 Å². The molecule has 1 N–H and O–H groups in total. The van der Waals surface area contributed by atoms with Crippen molar-refractivity contribution in [3.8, 4) is 11.4 Å². The van der Waals surface area contributed by atoms with E-state index in [-0.39, 0.29) is 0 Å². The summed E-state index contributed by atoms with van der Waals surface area (Å²) in [6.07, 6.45) is 0. The van der Waals surface area contributed by atoms with Crippen molar-refractivity contribution in [3.63, 3.8) is 0 Å². The monoisotopic (exact) mass is 235 g/mol. The van der Waals surface area contributed by atoms with Crippen LogP contribution in [0.25, 0.3) is 5.69 Å². The Hall–Kier alpha value is -2.24. The number of aromatic amines is 1. The standard InChI is InChI=1S/C11H13N3O3/c1-7-4-5-8(9(6-7)17-3)14-11(16)13(2)10(15)12-14/h4-6H,1-3H3,(H,12,15). The fraction of sp³-hybridized carbons (Fsp3) is 0.273. The van der Waals surface area contributed by atoms with E-state index in [9.17, 15) is 9.59 Å². The van der Waals surface area contributed by atoms with E-state index in [1.807, 2.05) is 13.0 Å². The molecule has 0 radical (unpaired) electrons. The minimum atomic E-state index is -0.461. The minimum Gasteiger partial charge on any atom is -0.494 e. The van der Waals surface area contributed by atoms with Crippen molar-refractivity contribution in [1.82, 2.24) is 14.3 Å². The Balaban J connectivity index is 2.72. The molecule has 90 valence electrons. The molecule has 0 aliphatic heterocycles. The summed E-state index contributed by atoms with van der Waals surface area (Å²) in [4.78, 5) is 23.1. The minimum absolute atomic E-state index is 0.433. The Morgan fingerprint density at radius 2 is 2.00 bits per heavy atom. The predicted molar refractivity (Wildman–Crippen MR) is 62.9 cm³/mol. The Morgan fingerprint density at radius 3 is 2.53 bits per heavy atom. The van der Waals surface area contributed by atoms with Gasteiger partial charge in [-0.15, -0.1) is 0 Å². The van der Waals surface area contributed by atoms with E-state index in [0.717, 1.165) is 10.1 Å². The van der Waals surface area contributed by atoms with Crippen LogP contribution in [0, 0.1) is 6.92 Å². The van der Waals surface area contributed by atoms with Crippen LogP contribution in [0.3, 0.4) is 0 Å². The second-order valence-corrected chi connectivity index (χ2v) is 3.77. The molecule has 2 rings (SSSR count). The third kappa shape index (κ3) is 1.77. The van der Waals surface area contributed by atoms with E-state index in [1.165, 1.54) is 18.8 Å². The Labute approximate surface area is 97.1 Å². The molecule has 1 heterocycles. The lowest BCUT2D eigenvalue weighted by atomic mass is 10.2. The smallest absolute Gasteiger partial charge is 0.351 e. The number of rotatable bonds is 2. The highest BCUT2D eigenvalue weighted by molar-refractivity contribution is 5.47. The van der Waals surface area contributed by atoms with Crippen molar-refractivity contribution in [2.75, 3.05) is 7.11 Å². The Morgan fingerprint density at radius 1 is 1.29 bits per heavy atom. The lowest BCUT2D eigenvalue weighted by molar-refractivity contribution is 0.411. The van der Waals surface area contributed by atoms with E-state index in [2.05, 4.69) is 5.10 Å². The van der Waals surface area contributed by atoms with Gasteiger partial charge in [0.25, 0.3) is 0 Å². The summed E-state index contributed by atoms with van der Waals surface area (Å²) in [5.74, 6) is 0.536. The van der Waals surface area contributed by atoms with E-state index in [1.54, 1.807) is 12.1 Å². The summed E-state index contributed by atoms with van der Waals surface area (Å²) in [5.41, 5.74) is 0.632. The van der Waals surface area contributed by atoms with Gasteiger partial charge in [-0.25, -0.2) is 19.3 Å².